The van der Waals surface area contributed by atoms with E-state index in [4.69, 9.17) is 42.6 Å². The fourth-order valence-electron chi connectivity index (χ4n) is 14.1. The Bertz CT molecular complexity index is 2370. The normalized spacial score (nSPS) is 24.4. The first-order valence-electron chi connectivity index (χ1n) is 42.5. The van der Waals surface area contributed by atoms with Crippen molar-refractivity contribution in [2.45, 2.75) is 364 Å². The van der Waals surface area contributed by atoms with Gasteiger partial charge in [0.15, 0.2) is 18.9 Å². The average Bonchev–Trinajstić information content (AvgIpc) is 0.831. The van der Waals surface area contributed by atoms with E-state index in [9.17, 15) is 84.3 Å². The van der Waals surface area contributed by atoms with Crippen LogP contribution in [0, 0.1) is 23.2 Å². The van der Waals surface area contributed by atoms with E-state index in [1.54, 1.807) is 42.4 Å². The van der Waals surface area contributed by atoms with Gasteiger partial charge >= 0.3 is 18.0 Å². The largest absolute Gasteiger partial charge is 0.466 e. The number of hydrogen-bond donors (Lipinski definition) is 12. The minimum Gasteiger partial charge on any atom is -0.466 e. The van der Waals surface area contributed by atoms with Crippen molar-refractivity contribution in [3.63, 3.8) is 0 Å². The lowest BCUT2D eigenvalue weighted by molar-refractivity contribution is -0.282. The summed E-state index contributed by atoms with van der Waals surface area (Å²) in [5.41, 5.74) is -0.616. The molecule has 29 nitrogen and oxygen atoms in total. The number of ketones is 3. The monoisotopic (exact) mass is 1650 g/mol. The second-order valence-corrected chi connectivity index (χ2v) is 35.0. The van der Waals surface area contributed by atoms with Crippen molar-refractivity contribution < 1.29 is 127 Å². The molecule has 3 aliphatic heterocycles. The van der Waals surface area contributed by atoms with Crippen molar-refractivity contribution >= 4 is 68.8 Å². The molecule has 3 heterocycles. The summed E-state index contributed by atoms with van der Waals surface area (Å²) >= 11 is 0. The molecule has 0 spiro atoms. The van der Waals surface area contributed by atoms with Crippen LogP contribution in [-0.2, 0) is 76.2 Å². The van der Waals surface area contributed by atoms with E-state index in [1.165, 1.54) is 0 Å². The lowest BCUT2D eigenvalue weighted by Gasteiger charge is -2.40. The molecule has 3 aliphatic rings. The van der Waals surface area contributed by atoms with E-state index in [1.807, 2.05) is 0 Å². The number of alkyl carbamates (subject to hydrolysis) is 1. The number of ether oxygens (including phenoxy) is 9. The Hall–Kier alpha value is -3.74. The molecule has 0 radical (unpaired) electrons. The van der Waals surface area contributed by atoms with Crippen LogP contribution in [-0.4, -0.2) is 257 Å². The number of nitrogens with one attached hydrogen (secondary N) is 3. The molecule has 3 rings (SSSR count). The van der Waals surface area contributed by atoms with E-state index < -0.39 is 123 Å². The first-order chi connectivity index (χ1) is 54.2. The lowest BCUT2D eigenvalue weighted by atomic mass is 9.71. The SMILES string of the molecule is CCCCCC(=O)CCC(C)(C)SSCCC(=O)CC(CCCOC(=O)CCCCCCCNC(=O)CCCOC1OC(CO)C(O)C(O)C1C)(CCCOC(=O)CCCCCCCNC(=O)CCCOC1OC(CO)C(O)C(O)C1C)CCCOC(=O)NCCCCCCCC(=O)CCCOC1OC(CO)C(O)C(O)C1C. The zero-order valence-corrected chi connectivity index (χ0v) is 70.6. The number of aliphatic hydroxyl groups excluding tert-OH is 9. The molecule has 15 unspecified atom stereocenters. The summed E-state index contributed by atoms with van der Waals surface area (Å²) in [7, 11) is 3.31. The zero-order valence-electron chi connectivity index (χ0n) is 69.0. The van der Waals surface area contributed by atoms with Gasteiger partial charge < -0.3 is 105 Å². The second-order valence-electron chi connectivity index (χ2n) is 31.9. The summed E-state index contributed by atoms with van der Waals surface area (Å²) in [4.78, 5) is 104. The molecule has 12 N–H and O–H groups in total. The van der Waals surface area contributed by atoms with Gasteiger partial charge in [-0.25, -0.2) is 4.79 Å². The standard InChI is InChI=1S/C82H147N3O26S2/c1-7-8-18-31-62(90)38-43-81(5,6)113-112-53-39-63(91)54-82(40-28-50-103-69(94)36-20-13-10-15-22-44-83-67(92)34-26-48-106-78-59(3)72(97)75(100)65(56-87)110-78,41-29-51-104-70(95)37-21-14-11-16-23-45-84-68(93)35-27-49-107-79-60(4)73(98)76(101)66(57-88)111-79)42-30-52-108-80(102)85-46-24-17-9-12-19-32-61(89)33-25-47-105-77-58(2)71(96)74(99)64(55-86)109-77/h58-60,64-66,71-79,86-88,96-101H,7-57H2,1-6H3,(H,83,92)(H,84,93)(H,85,102). The average molecular weight is 1660 g/mol. The van der Waals surface area contributed by atoms with Gasteiger partial charge in [0.05, 0.1) is 77.8 Å². The van der Waals surface area contributed by atoms with Crippen molar-refractivity contribution in [2.75, 3.05) is 84.8 Å². The highest BCUT2D eigenvalue weighted by Crippen LogP contribution is 2.42. The third kappa shape index (κ3) is 45.3. The maximum atomic E-state index is 14.3. The summed E-state index contributed by atoms with van der Waals surface area (Å²) in [6.07, 6.45) is 10.3. The van der Waals surface area contributed by atoms with Gasteiger partial charge in [0.25, 0.3) is 0 Å². The second kappa shape index (κ2) is 61.5. The van der Waals surface area contributed by atoms with Crippen LogP contribution in [0.2, 0.25) is 0 Å². The Morgan fingerprint density at radius 1 is 0.372 bits per heavy atom. The number of unbranched alkanes of at least 4 members (excludes halogenated alkanes) is 14. The Balaban J connectivity index is 1.52. The van der Waals surface area contributed by atoms with Crippen LogP contribution in [0.4, 0.5) is 4.79 Å². The number of Topliss-reactive ketones (excluding diaryl/α,β-unsaturated/α-hetero) is 3. The molecule has 0 aromatic heterocycles. The molecule has 0 bridgehead atoms. The number of esters is 2. The van der Waals surface area contributed by atoms with Gasteiger partial charge in [-0.2, -0.15) is 0 Å². The number of carbonyl (C=O) groups excluding carboxylic acids is 8. The van der Waals surface area contributed by atoms with Crippen LogP contribution >= 0.6 is 21.6 Å². The molecule has 15 atom stereocenters. The van der Waals surface area contributed by atoms with Gasteiger partial charge in [-0.3, -0.25) is 33.6 Å². The molecule has 658 valence electrons. The Morgan fingerprint density at radius 2 is 0.726 bits per heavy atom. The van der Waals surface area contributed by atoms with Gasteiger partial charge in [0.2, 0.25) is 11.8 Å². The van der Waals surface area contributed by atoms with Gasteiger partial charge in [0.1, 0.15) is 54.0 Å². The molecule has 3 fully saturated rings. The van der Waals surface area contributed by atoms with Crippen molar-refractivity contribution in [1.29, 1.82) is 0 Å². The summed E-state index contributed by atoms with van der Waals surface area (Å²) in [5.74, 6) is -1.40. The van der Waals surface area contributed by atoms with Crippen molar-refractivity contribution in [3.8, 4) is 0 Å². The molecular formula is C82H147N3O26S2. The van der Waals surface area contributed by atoms with Crippen LogP contribution < -0.4 is 16.0 Å². The van der Waals surface area contributed by atoms with E-state index in [2.05, 4.69) is 36.7 Å². The van der Waals surface area contributed by atoms with E-state index in [0.717, 1.165) is 103 Å². The van der Waals surface area contributed by atoms with Crippen LogP contribution in [0.3, 0.4) is 0 Å². The molecule has 3 amide bonds. The molecule has 0 saturated carbocycles. The van der Waals surface area contributed by atoms with E-state index in [-0.39, 0.29) is 118 Å². The quantitative estimate of drug-likeness (QED) is 0.0117. The first kappa shape index (κ1) is 103. The van der Waals surface area contributed by atoms with Crippen LogP contribution in [0.15, 0.2) is 0 Å². The van der Waals surface area contributed by atoms with Crippen molar-refractivity contribution in [3.05, 3.63) is 0 Å². The minimum absolute atomic E-state index is 0.0630. The third-order valence-corrected chi connectivity index (χ3v) is 24.8. The summed E-state index contributed by atoms with van der Waals surface area (Å²) < 4.78 is 51.0. The molecule has 0 aromatic rings. The first-order valence-corrected chi connectivity index (χ1v) is 44.9. The van der Waals surface area contributed by atoms with Crippen molar-refractivity contribution in [1.82, 2.24) is 16.0 Å². The number of rotatable bonds is 68. The fraction of sp³-hybridized carbons (Fsp3) is 0.902. The zero-order chi connectivity index (χ0) is 83.2. The molecule has 3 saturated heterocycles. The fourth-order valence-corrected chi connectivity index (χ4v) is 16.7. The van der Waals surface area contributed by atoms with Crippen LogP contribution in [0.1, 0.15) is 286 Å². The molecule has 113 heavy (non-hydrogen) atoms. The number of aliphatic hydroxyl groups is 9. The summed E-state index contributed by atoms with van der Waals surface area (Å²) in [6, 6.07) is 0. The molecule has 31 heteroatoms. The van der Waals surface area contributed by atoms with Gasteiger partial charge in [-0.05, 0) is 128 Å². The Morgan fingerprint density at radius 3 is 1.14 bits per heavy atom. The van der Waals surface area contributed by atoms with Gasteiger partial charge in [0, 0.05) is 112 Å². The molecule has 0 aromatic carbocycles. The van der Waals surface area contributed by atoms with Gasteiger partial charge in [-0.15, -0.1) is 0 Å². The number of amides is 3. The van der Waals surface area contributed by atoms with Crippen LogP contribution in [0.5, 0.6) is 0 Å². The van der Waals surface area contributed by atoms with E-state index >= 15 is 0 Å². The molecule has 0 aliphatic carbocycles. The smallest absolute Gasteiger partial charge is 0.407 e. The lowest BCUT2D eigenvalue weighted by Crippen LogP contribution is -2.55. The van der Waals surface area contributed by atoms with Crippen LogP contribution in [0.25, 0.3) is 0 Å². The predicted octanol–water partition coefficient (Wildman–Crippen LogP) is 9.00. The minimum atomic E-state index is -1.22. The molecular weight excluding hydrogens is 1510 g/mol. The maximum absolute atomic E-state index is 14.3. The Labute approximate surface area is 680 Å². The Kier molecular flexibility index (Phi) is 56.3. The third-order valence-electron chi connectivity index (χ3n) is 21.5. The predicted molar refractivity (Wildman–Crippen MR) is 429 cm³/mol. The number of carbonyl (C=O) groups is 8. The highest BCUT2D eigenvalue weighted by atomic mass is 33.1. The summed E-state index contributed by atoms with van der Waals surface area (Å²) in [5, 5.41) is 98.2. The van der Waals surface area contributed by atoms with Gasteiger partial charge in [-0.1, -0.05) is 120 Å². The highest BCUT2D eigenvalue weighted by Gasteiger charge is 2.45. The van der Waals surface area contributed by atoms with E-state index in [0.29, 0.717) is 135 Å². The highest BCUT2D eigenvalue weighted by molar-refractivity contribution is 8.77. The number of hydrogen-bond acceptors (Lipinski definition) is 28. The summed E-state index contributed by atoms with van der Waals surface area (Å²) in [6.45, 7) is 12.4. The topological polar surface area (TPSA) is 438 Å². The maximum Gasteiger partial charge on any atom is 0.407 e. The van der Waals surface area contributed by atoms with Crippen molar-refractivity contribution in [2.24, 2.45) is 23.2 Å².